The maximum atomic E-state index is 5.59. The summed E-state index contributed by atoms with van der Waals surface area (Å²) in [5.41, 5.74) is 2.48. The van der Waals surface area contributed by atoms with Crippen molar-refractivity contribution in [3.05, 3.63) is 41.2 Å². The predicted molar refractivity (Wildman–Crippen MR) is 57.2 cm³/mol. The molecule has 0 aliphatic carbocycles. The molecule has 1 aromatic carbocycles. The topological polar surface area (TPSA) is 9.23 Å². The third-order valence-electron chi connectivity index (χ3n) is 2.11. The lowest BCUT2D eigenvalue weighted by molar-refractivity contribution is 0.411. The molecule has 1 aliphatic rings. The fourth-order valence-electron chi connectivity index (χ4n) is 1.48. The van der Waals surface area contributed by atoms with Crippen molar-refractivity contribution in [2.24, 2.45) is 0 Å². The Morgan fingerprint density at radius 1 is 1.31 bits per heavy atom. The Kier molecular flexibility index (Phi) is 2.16. The van der Waals surface area contributed by atoms with E-state index in [1.54, 1.807) is 0 Å². The number of benzene rings is 1. The number of allylic oxidation sites excluding steroid dienone is 2. The van der Waals surface area contributed by atoms with Gasteiger partial charge in [0.2, 0.25) is 0 Å². The zero-order chi connectivity index (χ0) is 9.42. The van der Waals surface area contributed by atoms with Gasteiger partial charge in [-0.15, -0.1) is 0 Å². The molecule has 0 spiro atoms. The number of hydrogen-bond acceptors (Lipinski definition) is 1. The molecule has 2 heteroatoms. The van der Waals surface area contributed by atoms with Gasteiger partial charge in [0.25, 0.3) is 0 Å². The van der Waals surface area contributed by atoms with E-state index in [1.807, 2.05) is 13.0 Å². The van der Waals surface area contributed by atoms with E-state index >= 15 is 0 Å². The molecule has 0 saturated carbocycles. The molecule has 1 aliphatic heterocycles. The Labute approximate surface area is 86.5 Å². The molecular weight excluding hydrogens is 228 g/mol. The summed E-state index contributed by atoms with van der Waals surface area (Å²) >= 11 is 3.61. The molecule has 0 radical (unpaired) electrons. The fourth-order valence-corrected chi connectivity index (χ4v) is 2.21. The lowest BCUT2D eigenvalue weighted by Gasteiger charge is -2.20. The van der Waals surface area contributed by atoms with Crippen molar-refractivity contribution in [1.29, 1.82) is 0 Å². The summed E-state index contributed by atoms with van der Waals surface area (Å²) in [6, 6.07) is 6.24. The van der Waals surface area contributed by atoms with Crippen molar-refractivity contribution in [2.75, 3.05) is 0 Å². The zero-order valence-corrected chi connectivity index (χ0v) is 9.26. The molecule has 1 heterocycles. The Morgan fingerprint density at radius 3 is 2.85 bits per heavy atom. The smallest absolute Gasteiger partial charge is 0.131 e. The Bertz CT molecular complexity index is 368. The van der Waals surface area contributed by atoms with Gasteiger partial charge < -0.3 is 4.74 Å². The molecule has 1 aromatic rings. The lowest BCUT2D eigenvalue weighted by Crippen LogP contribution is -2.03. The van der Waals surface area contributed by atoms with Crippen LogP contribution in [0.4, 0.5) is 0 Å². The van der Waals surface area contributed by atoms with Crippen molar-refractivity contribution >= 4 is 15.9 Å². The van der Waals surface area contributed by atoms with Crippen LogP contribution in [0.1, 0.15) is 22.9 Å². The van der Waals surface area contributed by atoms with Gasteiger partial charge in [-0.2, -0.15) is 0 Å². The highest BCUT2D eigenvalue weighted by Crippen LogP contribution is 2.38. The van der Waals surface area contributed by atoms with Crippen LogP contribution in [0.25, 0.3) is 0 Å². The third-order valence-corrected chi connectivity index (χ3v) is 2.87. The maximum Gasteiger partial charge on any atom is 0.131 e. The molecule has 0 saturated heterocycles. The van der Waals surface area contributed by atoms with E-state index in [1.165, 1.54) is 11.1 Å². The summed E-state index contributed by atoms with van der Waals surface area (Å²) < 4.78 is 5.59. The van der Waals surface area contributed by atoms with Crippen molar-refractivity contribution in [1.82, 2.24) is 0 Å². The van der Waals surface area contributed by atoms with Crippen LogP contribution in [0.5, 0.6) is 5.75 Å². The van der Waals surface area contributed by atoms with Gasteiger partial charge in [0.1, 0.15) is 5.75 Å². The first kappa shape index (κ1) is 8.82. The van der Waals surface area contributed by atoms with Crippen LogP contribution in [-0.2, 0) is 0 Å². The third kappa shape index (κ3) is 1.63. The summed E-state index contributed by atoms with van der Waals surface area (Å²) in [5, 5.41) is 0. The van der Waals surface area contributed by atoms with E-state index in [9.17, 15) is 0 Å². The summed E-state index contributed by atoms with van der Waals surface area (Å²) in [7, 11) is 0. The van der Waals surface area contributed by atoms with Crippen LogP contribution in [0, 0.1) is 6.92 Å². The summed E-state index contributed by atoms with van der Waals surface area (Å²) in [6.07, 6.45) is 2.07. The summed E-state index contributed by atoms with van der Waals surface area (Å²) in [5.74, 6) is 1.92. The van der Waals surface area contributed by atoms with E-state index in [2.05, 4.69) is 41.1 Å². The quantitative estimate of drug-likeness (QED) is 0.627. The second-order valence-corrected chi connectivity index (χ2v) is 4.31. The minimum absolute atomic E-state index is 0.288. The molecule has 2 rings (SSSR count). The first-order valence-corrected chi connectivity index (χ1v) is 5.19. The van der Waals surface area contributed by atoms with Crippen molar-refractivity contribution < 1.29 is 4.74 Å². The molecule has 0 aromatic heterocycles. The predicted octanol–water partition coefficient (Wildman–Crippen LogP) is 3.73. The summed E-state index contributed by atoms with van der Waals surface area (Å²) in [4.78, 5) is 0.288. The van der Waals surface area contributed by atoms with Gasteiger partial charge in [-0.25, -0.2) is 0 Å². The molecule has 0 fully saturated rings. The minimum Gasteiger partial charge on any atom is -0.462 e. The Hall–Kier alpha value is -0.760. The molecule has 0 amide bonds. The van der Waals surface area contributed by atoms with Crippen molar-refractivity contribution in [3.63, 3.8) is 0 Å². The van der Waals surface area contributed by atoms with Crippen LogP contribution < -0.4 is 4.74 Å². The van der Waals surface area contributed by atoms with Crippen LogP contribution in [0.3, 0.4) is 0 Å². The Balaban J connectivity index is 2.50. The SMILES string of the molecule is CC1=CC(Br)c2cc(C)ccc2O1. The molecule has 1 unspecified atom stereocenters. The van der Waals surface area contributed by atoms with E-state index < -0.39 is 0 Å². The maximum absolute atomic E-state index is 5.59. The number of aryl methyl sites for hydroxylation is 1. The Morgan fingerprint density at radius 2 is 2.08 bits per heavy atom. The highest BCUT2D eigenvalue weighted by Gasteiger charge is 2.17. The highest BCUT2D eigenvalue weighted by atomic mass is 79.9. The van der Waals surface area contributed by atoms with Gasteiger partial charge in [-0.1, -0.05) is 33.6 Å². The number of ether oxygens (including phenoxy) is 1. The minimum atomic E-state index is 0.288. The highest BCUT2D eigenvalue weighted by molar-refractivity contribution is 9.09. The number of alkyl halides is 1. The molecule has 68 valence electrons. The van der Waals surface area contributed by atoms with Gasteiger partial charge in [0.15, 0.2) is 0 Å². The fraction of sp³-hybridized carbons (Fsp3) is 0.273. The van der Waals surface area contributed by atoms with E-state index in [-0.39, 0.29) is 4.83 Å². The average Bonchev–Trinajstić information content (AvgIpc) is 2.06. The standard InChI is InChI=1S/C11H11BrO/c1-7-3-4-11-9(5-7)10(12)6-8(2)13-11/h3-6,10H,1-2H3. The van der Waals surface area contributed by atoms with Gasteiger partial charge >= 0.3 is 0 Å². The average molecular weight is 239 g/mol. The summed E-state index contributed by atoms with van der Waals surface area (Å²) in [6.45, 7) is 4.06. The zero-order valence-electron chi connectivity index (χ0n) is 7.67. The number of fused-ring (bicyclic) bond motifs is 1. The first-order chi connectivity index (χ1) is 6.16. The molecule has 0 N–H and O–H groups in total. The van der Waals surface area contributed by atoms with Gasteiger partial charge in [-0.3, -0.25) is 0 Å². The molecule has 0 bridgehead atoms. The molecule has 13 heavy (non-hydrogen) atoms. The second-order valence-electron chi connectivity index (χ2n) is 3.32. The number of hydrogen-bond donors (Lipinski definition) is 0. The normalized spacial score (nSPS) is 20.2. The number of halogens is 1. The van der Waals surface area contributed by atoms with Crippen molar-refractivity contribution in [3.8, 4) is 5.75 Å². The lowest BCUT2D eigenvalue weighted by atomic mass is 10.1. The molecular formula is C11H11BrO. The largest absolute Gasteiger partial charge is 0.462 e. The monoisotopic (exact) mass is 238 g/mol. The van der Waals surface area contributed by atoms with E-state index in [4.69, 9.17) is 4.74 Å². The van der Waals surface area contributed by atoms with Gasteiger partial charge in [-0.05, 0) is 26.0 Å². The van der Waals surface area contributed by atoms with Gasteiger partial charge in [0, 0.05) is 5.56 Å². The molecule has 1 atom stereocenters. The molecule has 1 nitrogen and oxygen atoms in total. The second kappa shape index (κ2) is 3.18. The van der Waals surface area contributed by atoms with Crippen LogP contribution in [0.2, 0.25) is 0 Å². The van der Waals surface area contributed by atoms with Crippen LogP contribution in [-0.4, -0.2) is 0 Å². The van der Waals surface area contributed by atoms with Crippen LogP contribution in [0.15, 0.2) is 30.0 Å². The van der Waals surface area contributed by atoms with Crippen molar-refractivity contribution in [2.45, 2.75) is 18.7 Å². The van der Waals surface area contributed by atoms with Crippen LogP contribution >= 0.6 is 15.9 Å². The van der Waals surface area contributed by atoms with E-state index in [0.29, 0.717) is 0 Å². The van der Waals surface area contributed by atoms with E-state index in [0.717, 1.165) is 11.5 Å². The van der Waals surface area contributed by atoms with Gasteiger partial charge in [0.05, 0.1) is 10.6 Å². The first-order valence-electron chi connectivity index (χ1n) is 4.28. The number of rotatable bonds is 0.